The molecule has 0 amide bonds. The summed E-state index contributed by atoms with van der Waals surface area (Å²) in [4.78, 5) is 9.35. The quantitative estimate of drug-likeness (QED) is 0.575. The number of hydrogen-bond donors (Lipinski definition) is 1. The van der Waals surface area contributed by atoms with Gasteiger partial charge in [-0.15, -0.1) is 6.42 Å². The standard InChI is InChI=1S/C4H6NO.W/c1-4(5)2-3-6;/h5H,2H2,1H3;/q-1;. The minimum Gasteiger partial charge on any atom is -0.541 e. The first kappa shape index (κ1) is 10.1. The molecule has 0 atom stereocenters. The van der Waals surface area contributed by atoms with E-state index in [9.17, 15) is 4.79 Å². The van der Waals surface area contributed by atoms with E-state index in [1.165, 1.54) is 0 Å². The third-order valence-corrected chi connectivity index (χ3v) is 0.337. The molecule has 2 nitrogen and oxygen atoms in total. The molecule has 0 aromatic rings. The monoisotopic (exact) mass is 268 g/mol. The maximum Gasteiger partial charge on any atom is 0 e. The molecule has 0 aliphatic heterocycles. The van der Waals surface area contributed by atoms with Gasteiger partial charge in [0, 0.05) is 21.1 Å². The van der Waals surface area contributed by atoms with E-state index in [-0.39, 0.29) is 27.5 Å². The molecular formula is C4H6NOW-. The smallest absolute Gasteiger partial charge is 0 e. The summed E-state index contributed by atoms with van der Waals surface area (Å²) in [6.45, 7) is 1.57. The summed E-state index contributed by atoms with van der Waals surface area (Å²) in [6.07, 6.45) is 1.75. The van der Waals surface area contributed by atoms with Crippen molar-refractivity contribution in [2.45, 2.75) is 13.3 Å². The van der Waals surface area contributed by atoms with E-state index in [1.807, 2.05) is 0 Å². The molecule has 0 heterocycles. The van der Waals surface area contributed by atoms with Crippen LogP contribution in [0.3, 0.4) is 0 Å². The van der Waals surface area contributed by atoms with Crippen LogP contribution in [0.1, 0.15) is 13.3 Å². The van der Waals surface area contributed by atoms with Crippen molar-refractivity contribution in [3.63, 3.8) is 0 Å². The van der Waals surface area contributed by atoms with Gasteiger partial charge in [-0.3, -0.25) is 6.29 Å². The molecule has 0 unspecified atom stereocenters. The van der Waals surface area contributed by atoms with Crippen molar-refractivity contribution in [3.05, 3.63) is 0 Å². The molecule has 0 bridgehead atoms. The van der Waals surface area contributed by atoms with Gasteiger partial charge in [0.2, 0.25) is 0 Å². The van der Waals surface area contributed by atoms with Gasteiger partial charge < -0.3 is 10.2 Å². The second kappa shape index (κ2) is 6.03. The Kier molecular flexibility index (Phi) is 8.70. The molecule has 0 saturated heterocycles. The third-order valence-electron chi connectivity index (χ3n) is 0.337. The van der Waals surface area contributed by atoms with Crippen molar-refractivity contribution in [2.24, 2.45) is 0 Å². The molecule has 40 valence electrons. The van der Waals surface area contributed by atoms with E-state index in [0.29, 0.717) is 5.71 Å². The molecule has 0 radical (unpaired) electrons. The van der Waals surface area contributed by atoms with Crippen molar-refractivity contribution in [1.29, 1.82) is 5.41 Å². The predicted molar refractivity (Wildman–Crippen MR) is 23.7 cm³/mol. The first-order chi connectivity index (χ1) is 2.77. The van der Waals surface area contributed by atoms with E-state index in [0.717, 1.165) is 0 Å². The van der Waals surface area contributed by atoms with Gasteiger partial charge in [-0.25, -0.2) is 0 Å². The normalized spacial score (nSPS) is 6.43. The number of carbonyl (C=O) groups excluding carboxylic acids is 1. The van der Waals surface area contributed by atoms with Gasteiger partial charge in [-0.05, 0) is 12.6 Å². The summed E-state index contributed by atoms with van der Waals surface area (Å²) in [5.74, 6) is 0. The van der Waals surface area contributed by atoms with Crippen LogP contribution >= 0.6 is 0 Å². The molecule has 0 rings (SSSR count). The maximum absolute atomic E-state index is 9.35. The Labute approximate surface area is 57.1 Å². The topological polar surface area (TPSA) is 40.9 Å². The fourth-order valence-electron chi connectivity index (χ4n) is 0.108. The Hall–Kier alpha value is 0.0283. The van der Waals surface area contributed by atoms with Gasteiger partial charge in [0.05, 0.1) is 0 Å². The minimum atomic E-state index is 0. The van der Waals surface area contributed by atoms with Gasteiger partial charge in [-0.2, -0.15) is 0 Å². The largest absolute Gasteiger partial charge is 0.541 e. The molecule has 0 saturated carbocycles. The minimum absolute atomic E-state index is 0. The Balaban J connectivity index is 0. The van der Waals surface area contributed by atoms with Crippen LogP contribution in [0, 0.1) is 5.41 Å². The molecule has 1 N–H and O–H groups in total. The molecule has 7 heavy (non-hydrogen) atoms. The van der Waals surface area contributed by atoms with Gasteiger partial charge >= 0.3 is 0 Å². The van der Waals surface area contributed by atoms with Crippen LogP contribution in [-0.2, 0) is 25.9 Å². The Bertz CT molecular complexity index is 72.1. The fraction of sp³-hybridized carbons (Fsp3) is 0.500. The van der Waals surface area contributed by atoms with Crippen molar-refractivity contribution < 1.29 is 25.9 Å². The van der Waals surface area contributed by atoms with E-state index < -0.39 is 0 Å². The zero-order chi connectivity index (χ0) is 4.99. The van der Waals surface area contributed by atoms with Crippen LogP contribution in [-0.4, -0.2) is 12.0 Å². The van der Waals surface area contributed by atoms with E-state index >= 15 is 0 Å². The molecule has 0 aliphatic rings. The Morgan fingerprint density at radius 3 is 2.29 bits per heavy atom. The van der Waals surface area contributed by atoms with Crippen molar-refractivity contribution >= 4 is 12.0 Å². The van der Waals surface area contributed by atoms with Crippen molar-refractivity contribution in [1.82, 2.24) is 0 Å². The molecular weight excluding hydrogens is 262 g/mol. The molecule has 0 fully saturated rings. The van der Waals surface area contributed by atoms with E-state index in [1.54, 1.807) is 13.2 Å². The average molecular weight is 268 g/mol. The van der Waals surface area contributed by atoms with Crippen LogP contribution in [0.25, 0.3) is 0 Å². The summed E-state index contributed by atoms with van der Waals surface area (Å²) in [6, 6.07) is 0. The molecule has 0 aliphatic carbocycles. The molecule has 3 heteroatoms. The zero-order valence-corrected chi connectivity index (χ0v) is 6.96. The summed E-state index contributed by atoms with van der Waals surface area (Å²) in [5, 5.41) is 6.63. The van der Waals surface area contributed by atoms with Crippen LogP contribution < -0.4 is 0 Å². The SMILES string of the molecule is CC(=N)C[C-]=O.[W]. The third kappa shape index (κ3) is 10.7. The van der Waals surface area contributed by atoms with Gasteiger partial charge in [-0.1, -0.05) is 0 Å². The fourth-order valence-corrected chi connectivity index (χ4v) is 0.108. The summed E-state index contributed by atoms with van der Waals surface area (Å²) < 4.78 is 0. The zero-order valence-electron chi connectivity index (χ0n) is 4.02. The van der Waals surface area contributed by atoms with Gasteiger partial charge in [0.25, 0.3) is 0 Å². The first-order valence-electron chi connectivity index (χ1n) is 1.66. The van der Waals surface area contributed by atoms with Gasteiger partial charge in [0.1, 0.15) is 0 Å². The summed E-state index contributed by atoms with van der Waals surface area (Å²) in [5.41, 5.74) is 0.366. The number of nitrogens with one attached hydrogen (secondary N) is 1. The average Bonchev–Trinajstić information content (AvgIpc) is 1.35. The first-order valence-corrected chi connectivity index (χ1v) is 1.66. The number of rotatable bonds is 2. The summed E-state index contributed by atoms with van der Waals surface area (Å²) >= 11 is 0. The predicted octanol–water partition coefficient (Wildman–Crippen LogP) is 0.523. The Morgan fingerprint density at radius 1 is 1.86 bits per heavy atom. The molecule has 0 aromatic carbocycles. The molecule has 0 spiro atoms. The second-order valence-electron chi connectivity index (χ2n) is 1.10. The van der Waals surface area contributed by atoms with Gasteiger partial charge in [0.15, 0.2) is 0 Å². The van der Waals surface area contributed by atoms with E-state index in [4.69, 9.17) is 5.41 Å². The maximum atomic E-state index is 9.35. The van der Waals surface area contributed by atoms with Crippen LogP contribution in [0.15, 0.2) is 0 Å². The van der Waals surface area contributed by atoms with Crippen molar-refractivity contribution in [2.75, 3.05) is 0 Å². The van der Waals surface area contributed by atoms with Crippen LogP contribution in [0.2, 0.25) is 0 Å². The van der Waals surface area contributed by atoms with E-state index in [2.05, 4.69) is 0 Å². The summed E-state index contributed by atoms with van der Waals surface area (Å²) in [7, 11) is 0. The van der Waals surface area contributed by atoms with Crippen molar-refractivity contribution in [3.8, 4) is 0 Å². The number of hydrogen-bond acceptors (Lipinski definition) is 2. The Morgan fingerprint density at radius 2 is 2.29 bits per heavy atom. The van der Waals surface area contributed by atoms with Crippen LogP contribution in [0.5, 0.6) is 0 Å². The molecule has 0 aromatic heterocycles. The second-order valence-corrected chi connectivity index (χ2v) is 1.10. The van der Waals surface area contributed by atoms with Crippen LogP contribution in [0.4, 0.5) is 0 Å².